The Balaban J connectivity index is 1.99. The average Bonchev–Trinajstić information content (AvgIpc) is 2.67. The molecule has 1 saturated heterocycles. The van der Waals surface area contributed by atoms with E-state index >= 15 is 0 Å². The summed E-state index contributed by atoms with van der Waals surface area (Å²) in [6.45, 7) is 3.82. The Hall–Kier alpha value is -0.870. The molecule has 1 atom stereocenters. The smallest absolute Gasteiger partial charge is 0.153 e. The van der Waals surface area contributed by atoms with Crippen LogP contribution in [0.15, 0.2) is 24.3 Å². The fourth-order valence-corrected chi connectivity index (χ4v) is 4.50. The molecule has 0 bridgehead atoms. The van der Waals surface area contributed by atoms with Gasteiger partial charge < -0.3 is 5.32 Å². The molecule has 1 heterocycles. The van der Waals surface area contributed by atoms with E-state index in [1.165, 1.54) is 5.56 Å². The van der Waals surface area contributed by atoms with Gasteiger partial charge in [-0.05, 0) is 56.8 Å². The van der Waals surface area contributed by atoms with Crippen LogP contribution in [-0.4, -0.2) is 32.5 Å². The molecule has 1 N–H and O–H groups in total. The summed E-state index contributed by atoms with van der Waals surface area (Å²) in [7, 11) is -2.96. The monoisotopic (exact) mass is 281 g/mol. The third-order valence-corrected chi connectivity index (χ3v) is 6.21. The Morgan fingerprint density at radius 1 is 1.21 bits per heavy atom. The van der Waals surface area contributed by atoms with Gasteiger partial charge in [-0.15, -0.1) is 0 Å². The molecular weight excluding hydrogens is 258 g/mol. The topological polar surface area (TPSA) is 46.2 Å². The summed E-state index contributed by atoms with van der Waals surface area (Å²) in [5, 5.41) is 3.12. The summed E-state index contributed by atoms with van der Waals surface area (Å²) in [6, 6.07) is 8.03. The van der Waals surface area contributed by atoms with Crippen molar-refractivity contribution in [3.63, 3.8) is 0 Å². The van der Waals surface area contributed by atoms with Crippen molar-refractivity contribution in [3.05, 3.63) is 35.4 Å². The molecule has 2 rings (SSSR count). The van der Waals surface area contributed by atoms with Gasteiger partial charge in [0.2, 0.25) is 0 Å². The first-order valence-electron chi connectivity index (χ1n) is 7.06. The standard InChI is InChI=1S/C15H23NO2S/c1-13-5-2-3-6-14(13)9-12-19(17,18)15-7-4-10-16-11-8-15/h2-3,5-6,15-16H,4,7-12H2,1H3. The molecule has 0 spiro atoms. The van der Waals surface area contributed by atoms with E-state index in [0.29, 0.717) is 6.42 Å². The maximum Gasteiger partial charge on any atom is 0.153 e. The summed E-state index contributed by atoms with van der Waals surface area (Å²) < 4.78 is 24.8. The van der Waals surface area contributed by atoms with Crippen LogP contribution in [0.3, 0.4) is 0 Å². The van der Waals surface area contributed by atoms with Gasteiger partial charge in [0.25, 0.3) is 0 Å². The maximum absolute atomic E-state index is 12.4. The number of sulfone groups is 1. The highest BCUT2D eigenvalue weighted by molar-refractivity contribution is 7.92. The Morgan fingerprint density at radius 2 is 2.00 bits per heavy atom. The van der Waals surface area contributed by atoms with Gasteiger partial charge in [0.15, 0.2) is 9.84 Å². The van der Waals surface area contributed by atoms with Gasteiger partial charge in [-0.3, -0.25) is 0 Å². The lowest BCUT2D eigenvalue weighted by molar-refractivity contribution is 0.565. The molecule has 1 unspecified atom stereocenters. The first-order valence-corrected chi connectivity index (χ1v) is 8.78. The number of hydrogen-bond donors (Lipinski definition) is 1. The molecule has 19 heavy (non-hydrogen) atoms. The highest BCUT2D eigenvalue weighted by Crippen LogP contribution is 2.18. The van der Waals surface area contributed by atoms with Crippen molar-refractivity contribution in [2.24, 2.45) is 0 Å². The van der Waals surface area contributed by atoms with E-state index in [9.17, 15) is 8.42 Å². The SMILES string of the molecule is Cc1ccccc1CCS(=O)(=O)C1CCCNCC1. The minimum absolute atomic E-state index is 0.147. The molecule has 3 nitrogen and oxygen atoms in total. The van der Waals surface area contributed by atoms with Crippen LogP contribution in [-0.2, 0) is 16.3 Å². The second kappa shape index (κ2) is 6.53. The number of nitrogens with one attached hydrogen (secondary N) is 1. The second-order valence-electron chi connectivity index (χ2n) is 5.35. The lowest BCUT2D eigenvalue weighted by Crippen LogP contribution is -2.26. The van der Waals surface area contributed by atoms with Crippen LogP contribution in [0.25, 0.3) is 0 Å². The number of rotatable bonds is 4. The average molecular weight is 281 g/mol. The molecule has 1 fully saturated rings. The molecule has 0 aliphatic carbocycles. The van der Waals surface area contributed by atoms with Crippen molar-refractivity contribution in [3.8, 4) is 0 Å². The van der Waals surface area contributed by atoms with E-state index < -0.39 is 9.84 Å². The number of aryl methyl sites for hydroxylation is 2. The zero-order chi connectivity index (χ0) is 13.7. The molecule has 0 amide bonds. The minimum atomic E-state index is -2.96. The van der Waals surface area contributed by atoms with Crippen molar-refractivity contribution in [1.82, 2.24) is 5.32 Å². The summed E-state index contributed by atoms with van der Waals surface area (Å²) in [4.78, 5) is 0. The van der Waals surface area contributed by atoms with E-state index in [4.69, 9.17) is 0 Å². The lowest BCUT2D eigenvalue weighted by atomic mass is 10.1. The van der Waals surface area contributed by atoms with Crippen LogP contribution in [0.5, 0.6) is 0 Å². The third-order valence-electron chi connectivity index (χ3n) is 3.95. The fraction of sp³-hybridized carbons (Fsp3) is 0.600. The van der Waals surface area contributed by atoms with E-state index in [1.807, 2.05) is 31.2 Å². The van der Waals surface area contributed by atoms with E-state index in [2.05, 4.69) is 5.32 Å². The quantitative estimate of drug-likeness (QED) is 0.919. The van der Waals surface area contributed by atoms with Crippen LogP contribution in [0.1, 0.15) is 30.4 Å². The molecule has 4 heteroatoms. The van der Waals surface area contributed by atoms with Gasteiger partial charge in [-0.1, -0.05) is 24.3 Å². The van der Waals surface area contributed by atoms with Crippen LogP contribution < -0.4 is 5.32 Å². The van der Waals surface area contributed by atoms with Crippen molar-refractivity contribution in [2.45, 2.75) is 37.9 Å². The third kappa shape index (κ3) is 4.05. The molecular formula is C15H23NO2S. The van der Waals surface area contributed by atoms with Crippen molar-refractivity contribution < 1.29 is 8.42 Å². The largest absolute Gasteiger partial charge is 0.317 e. The number of benzene rings is 1. The van der Waals surface area contributed by atoms with Gasteiger partial charge in [-0.2, -0.15) is 0 Å². The Kier molecular flexibility index (Phi) is 4.99. The number of hydrogen-bond acceptors (Lipinski definition) is 3. The predicted molar refractivity (Wildman–Crippen MR) is 79.2 cm³/mol. The van der Waals surface area contributed by atoms with Gasteiger partial charge in [0.05, 0.1) is 11.0 Å². The minimum Gasteiger partial charge on any atom is -0.317 e. The molecule has 106 valence electrons. The molecule has 1 aliphatic heterocycles. The van der Waals surface area contributed by atoms with Crippen LogP contribution in [0, 0.1) is 6.92 Å². The zero-order valence-electron chi connectivity index (χ0n) is 11.6. The molecule has 0 saturated carbocycles. The summed E-state index contributed by atoms with van der Waals surface area (Å²) in [5.41, 5.74) is 2.33. The van der Waals surface area contributed by atoms with Gasteiger partial charge >= 0.3 is 0 Å². The highest BCUT2D eigenvalue weighted by atomic mass is 32.2. The van der Waals surface area contributed by atoms with Gasteiger partial charge in [0.1, 0.15) is 0 Å². The summed E-state index contributed by atoms with van der Waals surface area (Å²) in [5.74, 6) is 0.280. The van der Waals surface area contributed by atoms with Crippen LogP contribution >= 0.6 is 0 Å². The Labute approximate surface area is 116 Å². The lowest BCUT2D eigenvalue weighted by Gasteiger charge is -2.15. The summed E-state index contributed by atoms with van der Waals surface area (Å²) in [6.07, 6.45) is 3.17. The van der Waals surface area contributed by atoms with Crippen molar-refractivity contribution >= 4 is 9.84 Å². The fourth-order valence-electron chi connectivity index (χ4n) is 2.66. The normalized spacial score (nSPS) is 21.0. The van der Waals surface area contributed by atoms with E-state index in [0.717, 1.165) is 37.9 Å². The molecule has 0 aromatic heterocycles. The highest BCUT2D eigenvalue weighted by Gasteiger charge is 2.25. The Bertz CT molecular complexity index is 503. The maximum atomic E-state index is 12.4. The van der Waals surface area contributed by atoms with E-state index in [1.54, 1.807) is 0 Å². The first kappa shape index (κ1) is 14.5. The van der Waals surface area contributed by atoms with Gasteiger partial charge in [0, 0.05) is 0 Å². The van der Waals surface area contributed by atoms with Crippen molar-refractivity contribution in [1.29, 1.82) is 0 Å². The summed E-state index contributed by atoms with van der Waals surface area (Å²) >= 11 is 0. The van der Waals surface area contributed by atoms with E-state index in [-0.39, 0.29) is 11.0 Å². The molecule has 1 aliphatic rings. The second-order valence-corrected chi connectivity index (χ2v) is 7.75. The molecule has 0 radical (unpaired) electrons. The van der Waals surface area contributed by atoms with Crippen LogP contribution in [0.2, 0.25) is 0 Å². The van der Waals surface area contributed by atoms with Gasteiger partial charge in [-0.25, -0.2) is 8.42 Å². The first-order chi connectivity index (χ1) is 9.09. The zero-order valence-corrected chi connectivity index (χ0v) is 12.4. The Morgan fingerprint density at radius 3 is 2.79 bits per heavy atom. The predicted octanol–water partition coefficient (Wildman–Crippen LogP) is 2.09. The van der Waals surface area contributed by atoms with Crippen LogP contribution in [0.4, 0.5) is 0 Å². The van der Waals surface area contributed by atoms with Crippen molar-refractivity contribution in [2.75, 3.05) is 18.8 Å². The molecule has 1 aromatic rings. The molecule has 1 aromatic carbocycles.